The van der Waals surface area contributed by atoms with E-state index in [-0.39, 0.29) is 12.5 Å². The van der Waals surface area contributed by atoms with Crippen LogP contribution in [0.25, 0.3) is 0 Å². The number of rotatable bonds is 12. The van der Waals surface area contributed by atoms with Crippen molar-refractivity contribution >= 4 is 35.0 Å². The van der Waals surface area contributed by atoms with Gasteiger partial charge in [0.05, 0.1) is 6.54 Å². The normalized spacial score (nSPS) is 15.8. The molecule has 180 valence electrons. The number of aliphatic hydroxyl groups excluding tert-OH is 1. The molecule has 2 aromatic rings. The lowest BCUT2D eigenvalue weighted by atomic mass is 10.2. The number of ether oxygens (including phenoxy) is 1. The second kappa shape index (κ2) is 13.8. The van der Waals surface area contributed by atoms with Crippen LogP contribution in [0.3, 0.4) is 0 Å². The molecule has 0 spiro atoms. The minimum atomic E-state index is -0.557. The van der Waals surface area contributed by atoms with Gasteiger partial charge in [-0.25, -0.2) is 0 Å². The van der Waals surface area contributed by atoms with Crippen LogP contribution in [0.2, 0.25) is 5.02 Å². The van der Waals surface area contributed by atoms with Crippen molar-refractivity contribution < 1.29 is 14.6 Å². The Labute approximate surface area is 206 Å². The Morgan fingerprint density at radius 2 is 1.82 bits per heavy atom. The van der Waals surface area contributed by atoms with Gasteiger partial charge in [-0.2, -0.15) is 0 Å². The summed E-state index contributed by atoms with van der Waals surface area (Å²) >= 11 is 7.69. The minimum Gasteiger partial charge on any atom is -0.490 e. The van der Waals surface area contributed by atoms with Crippen LogP contribution in [-0.4, -0.2) is 78.5 Å². The lowest BCUT2D eigenvalue weighted by Gasteiger charge is -2.35. The molecule has 1 aliphatic heterocycles. The number of β-amino-alcohol motifs (C(OH)–C–C–N with tert-alkyl or cyclic N) is 1. The molecule has 33 heavy (non-hydrogen) atoms. The van der Waals surface area contributed by atoms with E-state index in [9.17, 15) is 9.90 Å². The van der Waals surface area contributed by atoms with Crippen LogP contribution in [0.15, 0.2) is 53.4 Å². The number of para-hydroxylation sites is 1. The second-order valence-corrected chi connectivity index (χ2v) is 9.82. The highest BCUT2D eigenvalue weighted by Gasteiger charge is 2.21. The number of hydrogen-bond acceptors (Lipinski definition) is 6. The lowest BCUT2D eigenvalue weighted by molar-refractivity contribution is -0.117. The van der Waals surface area contributed by atoms with E-state index in [1.807, 2.05) is 18.2 Å². The van der Waals surface area contributed by atoms with Crippen LogP contribution in [-0.2, 0) is 4.79 Å². The fourth-order valence-corrected chi connectivity index (χ4v) is 4.84. The molecule has 1 unspecified atom stereocenters. The average Bonchev–Trinajstić information content (AvgIpc) is 2.81. The van der Waals surface area contributed by atoms with Crippen LogP contribution in [0.1, 0.15) is 19.8 Å². The molecule has 1 saturated heterocycles. The minimum absolute atomic E-state index is 0.0327. The zero-order chi connectivity index (χ0) is 23.5. The van der Waals surface area contributed by atoms with Crippen molar-refractivity contribution in [1.29, 1.82) is 0 Å². The van der Waals surface area contributed by atoms with Crippen molar-refractivity contribution in [2.75, 3.05) is 56.9 Å². The number of thioether (sulfide) groups is 1. The number of anilines is 1. The van der Waals surface area contributed by atoms with Gasteiger partial charge < -0.3 is 15.2 Å². The Morgan fingerprint density at radius 3 is 2.55 bits per heavy atom. The molecule has 0 radical (unpaired) electrons. The van der Waals surface area contributed by atoms with E-state index >= 15 is 0 Å². The van der Waals surface area contributed by atoms with E-state index in [4.69, 9.17) is 16.3 Å². The van der Waals surface area contributed by atoms with Gasteiger partial charge >= 0.3 is 0 Å². The van der Waals surface area contributed by atoms with E-state index in [2.05, 4.69) is 28.1 Å². The molecule has 1 aliphatic rings. The SMILES string of the molecule is CCCCSc1ccccc1OCC(O)CN1CCN(CC(=O)Nc2ccc(Cl)cc2)CC1. The van der Waals surface area contributed by atoms with Gasteiger partial charge in [0.15, 0.2) is 0 Å². The highest BCUT2D eigenvalue weighted by molar-refractivity contribution is 7.99. The highest BCUT2D eigenvalue weighted by atomic mass is 35.5. The first kappa shape index (κ1) is 25.8. The summed E-state index contributed by atoms with van der Waals surface area (Å²) in [5.41, 5.74) is 0.747. The Kier molecular flexibility index (Phi) is 10.8. The maximum atomic E-state index is 12.3. The van der Waals surface area contributed by atoms with E-state index in [0.29, 0.717) is 18.1 Å². The largest absolute Gasteiger partial charge is 0.490 e. The predicted molar refractivity (Wildman–Crippen MR) is 137 cm³/mol. The van der Waals surface area contributed by atoms with E-state index in [1.54, 1.807) is 36.0 Å². The fraction of sp³-hybridized carbons (Fsp3) is 0.480. The molecular formula is C25H34ClN3O3S. The van der Waals surface area contributed by atoms with Crippen LogP contribution in [0.4, 0.5) is 5.69 Å². The standard InChI is InChI=1S/C25H34ClN3O3S/c1-2-3-16-33-24-7-5-4-6-23(24)32-19-22(30)17-28-12-14-29(15-13-28)18-25(31)27-21-10-8-20(26)9-11-21/h4-11,22,30H,2-3,12-19H2,1H3,(H,27,31). The van der Waals surface area contributed by atoms with Gasteiger partial charge in [0.1, 0.15) is 18.5 Å². The number of nitrogens with one attached hydrogen (secondary N) is 1. The van der Waals surface area contributed by atoms with Crippen molar-refractivity contribution in [3.05, 3.63) is 53.6 Å². The highest BCUT2D eigenvalue weighted by Crippen LogP contribution is 2.29. The molecule has 1 heterocycles. The first-order valence-electron chi connectivity index (χ1n) is 11.6. The maximum Gasteiger partial charge on any atom is 0.238 e. The number of hydrogen-bond donors (Lipinski definition) is 2. The van der Waals surface area contributed by atoms with Gasteiger partial charge in [-0.1, -0.05) is 37.1 Å². The van der Waals surface area contributed by atoms with Crippen LogP contribution in [0, 0.1) is 0 Å². The van der Waals surface area contributed by atoms with Crippen molar-refractivity contribution in [3.8, 4) is 5.75 Å². The second-order valence-electron chi connectivity index (χ2n) is 8.25. The molecule has 2 aromatic carbocycles. The number of halogens is 1. The van der Waals surface area contributed by atoms with E-state index in [0.717, 1.165) is 48.3 Å². The van der Waals surface area contributed by atoms with Crippen molar-refractivity contribution in [2.45, 2.75) is 30.8 Å². The molecule has 1 amide bonds. The molecule has 0 aromatic heterocycles. The third-order valence-corrected chi connectivity index (χ3v) is 6.86. The van der Waals surface area contributed by atoms with Crippen LogP contribution < -0.4 is 10.1 Å². The molecule has 0 saturated carbocycles. The molecule has 0 bridgehead atoms. The predicted octanol–water partition coefficient (Wildman–Crippen LogP) is 4.23. The number of aliphatic hydroxyl groups is 1. The zero-order valence-electron chi connectivity index (χ0n) is 19.2. The van der Waals surface area contributed by atoms with Gasteiger partial charge in [0, 0.05) is 48.3 Å². The quantitative estimate of drug-likeness (QED) is 0.342. The number of carbonyl (C=O) groups excluding carboxylic acids is 1. The number of nitrogens with zero attached hydrogens (tertiary/aromatic N) is 2. The topological polar surface area (TPSA) is 65.0 Å². The number of benzene rings is 2. The molecule has 1 atom stereocenters. The Bertz CT molecular complexity index is 860. The number of carbonyl (C=O) groups is 1. The third-order valence-electron chi connectivity index (χ3n) is 5.46. The van der Waals surface area contributed by atoms with E-state index in [1.165, 1.54) is 12.8 Å². The summed E-state index contributed by atoms with van der Waals surface area (Å²) in [6.07, 6.45) is 1.80. The summed E-state index contributed by atoms with van der Waals surface area (Å²) in [7, 11) is 0. The zero-order valence-corrected chi connectivity index (χ0v) is 20.8. The van der Waals surface area contributed by atoms with Crippen LogP contribution in [0.5, 0.6) is 5.75 Å². The molecular weight excluding hydrogens is 458 g/mol. The smallest absolute Gasteiger partial charge is 0.238 e. The van der Waals surface area contributed by atoms with Crippen molar-refractivity contribution in [1.82, 2.24) is 9.80 Å². The first-order valence-corrected chi connectivity index (χ1v) is 12.9. The summed E-state index contributed by atoms with van der Waals surface area (Å²) in [6, 6.07) is 15.1. The summed E-state index contributed by atoms with van der Waals surface area (Å²) in [4.78, 5) is 17.8. The van der Waals surface area contributed by atoms with E-state index < -0.39 is 6.10 Å². The van der Waals surface area contributed by atoms with Gasteiger partial charge in [-0.15, -0.1) is 11.8 Å². The molecule has 3 rings (SSSR count). The molecule has 6 nitrogen and oxygen atoms in total. The number of amides is 1. The van der Waals surface area contributed by atoms with Crippen molar-refractivity contribution in [2.24, 2.45) is 0 Å². The Morgan fingerprint density at radius 1 is 1.12 bits per heavy atom. The fourth-order valence-electron chi connectivity index (χ4n) is 3.62. The summed E-state index contributed by atoms with van der Waals surface area (Å²) in [6.45, 7) is 6.59. The Balaban J connectivity index is 1.35. The molecule has 0 aliphatic carbocycles. The molecule has 1 fully saturated rings. The van der Waals surface area contributed by atoms with Gasteiger partial charge in [-0.3, -0.25) is 14.6 Å². The third kappa shape index (κ3) is 9.18. The molecule has 8 heteroatoms. The maximum absolute atomic E-state index is 12.3. The Hall–Kier alpha value is -1.77. The number of unbranched alkanes of at least 4 members (excludes halogenated alkanes) is 1. The average molecular weight is 492 g/mol. The van der Waals surface area contributed by atoms with Gasteiger partial charge in [0.2, 0.25) is 5.91 Å². The van der Waals surface area contributed by atoms with Crippen molar-refractivity contribution in [3.63, 3.8) is 0 Å². The monoisotopic (exact) mass is 491 g/mol. The first-order chi connectivity index (χ1) is 16.0. The summed E-state index contributed by atoms with van der Waals surface area (Å²) < 4.78 is 5.94. The summed E-state index contributed by atoms with van der Waals surface area (Å²) in [5.74, 6) is 1.88. The summed E-state index contributed by atoms with van der Waals surface area (Å²) in [5, 5.41) is 14.0. The van der Waals surface area contributed by atoms with Crippen LogP contribution >= 0.6 is 23.4 Å². The van der Waals surface area contributed by atoms with Gasteiger partial charge in [-0.05, 0) is 48.6 Å². The lowest BCUT2D eigenvalue weighted by Crippen LogP contribution is -2.50. The number of piperazine rings is 1. The molecule has 2 N–H and O–H groups in total. The van der Waals surface area contributed by atoms with Gasteiger partial charge in [0.25, 0.3) is 0 Å².